The normalized spacial score (nSPS) is 15.5. The Morgan fingerprint density at radius 2 is 2.00 bits per heavy atom. The number of H-pyrrole nitrogens is 1. The molecule has 0 spiro atoms. The van der Waals surface area contributed by atoms with Gasteiger partial charge in [0.05, 0.1) is 12.0 Å². The SMILES string of the molecule is O=c1c2[nH]cnc2n(-c2cccc(Cl)c2)c(=O)n1C1CCCC1. The summed E-state index contributed by atoms with van der Waals surface area (Å²) in [6.07, 6.45) is 5.21. The Labute approximate surface area is 136 Å². The lowest BCUT2D eigenvalue weighted by Gasteiger charge is -2.16. The molecule has 0 saturated heterocycles. The van der Waals surface area contributed by atoms with Crippen molar-refractivity contribution < 1.29 is 0 Å². The van der Waals surface area contributed by atoms with Gasteiger partial charge in [-0.05, 0) is 31.0 Å². The van der Waals surface area contributed by atoms with Gasteiger partial charge in [-0.15, -0.1) is 0 Å². The summed E-state index contributed by atoms with van der Waals surface area (Å²) in [4.78, 5) is 32.8. The van der Waals surface area contributed by atoms with Crippen LogP contribution in [0.3, 0.4) is 0 Å². The molecule has 7 heteroatoms. The van der Waals surface area contributed by atoms with Crippen LogP contribution in [0.25, 0.3) is 16.9 Å². The molecule has 0 aliphatic heterocycles. The van der Waals surface area contributed by atoms with Crippen molar-refractivity contribution in [3.63, 3.8) is 0 Å². The first-order valence-electron chi connectivity index (χ1n) is 7.63. The number of rotatable bonds is 2. The zero-order chi connectivity index (χ0) is 16.0. The lowest BCUT2D eigenvalue weighted by atomic mass is 10.2. The molecule has 0 radical (unpaired) electrons. The summed E-state index contributed by atoms with van der Waals surface area (Å²) in [6, 6.07) is 6.94. The molecule has 118 valence electrons. The number of nitrogens with zero attached hydrogens (tertiary/aromatic N) is 3. The van der Waals surface area contributed by atoms with E-state index in [0.717, 1.165) is 25.7 Å². The minimum atomic E-state index is -0.358. The second-order valence-electron chi connectivity index (χ2n) is 5.81. The molecule has 6 nitrogen and oxygen atoms in total. The van der Waals surface area contributed by atoms with Gasteiger partial charge in [-0.25, -0.2) is 14.3 Å². The minimum absolute atomic E-state index is 0.0480. The van der Waals surface area contributed by atoms with E-state index in [1.165, 1.54) is 15.5 Å². The van der Waals surface area contributed by atoms with Crippen molar-refractivity contribution in [2.45, 2.75) is 31.7 Å². The van der Waals surface area contributed by atoms with Crippen LogP contribution in [-0.2, 0) is 0 Å². The van der Waals surface area contributed by atoms with Gasteiger partial charge in [-0.2, -0.15) is 0 Å². The second-order valence-corrected chi connectivity index (χ2v) is 6.25. The maximum Gasteiger partial charge on any atom is 0.337 e. The number of hydrogen-bond donors (Lipinski definition) is 1. The number of fused-ring (bicyclic) bond motifs is 1. The molecule has 1 aliphatic carbocycles. The van der Waals surface area contributed by atoms with Crippen molar-refractivity contribution in [2.75, 3.05) is 0 Å². The Bertz CT molecular complexity index is 995. The van der Waals surface area contributed by atoms with Gasteiger partial charge in [-0.1, -0.05) is 30.5 Å². The number of aromatic nitrogens is 4. The Hall–Kier alpha value is -2.34. The molecule has 0 atom stereocenters. The standard InChI is InChI=1S/C16H15ClN4O2/c17-10-4-3-7-12(8-10)20-14-13(18-9-19-14)15(22)21(16(20)23)11-5-1-2-6-11/h3-4,7-9,11H,1-2,5-6H2,(H,18,19). The maximum atomic E-state index is 13.0. The third-order valence-corrected chi connectivity index (χ3v) is 4.65. The highest BCUT2D eigenvalue weighted by Gasteiger charge is 2.24. The lowest BCUT2D eigenvalue weighted by Crippen LogP contribution is -2.41. The van der Waals surface area contributed by atoms with E-state index in [4.69, 9.17) is 11.6 Å². The average Bonchev–Trinajstić information content (AvgIpc) is 3.19. The molecule has 0 amide bonds. The van der Waals surface area contributed by atoms with Crippen LogP contribution in [0.15, 0.2) is 40.2 Å². The van der Waals surface area contributed by atoms with Crippen LogP contribution in [0.5, 0.6) is 0 Å². The van der Waals surface area contributed by atoms with Crippen molar-refractivity contribution in [1.82, 2.24) is 19.1 Å². The van der Waals surface area contributed by atoms with Crippen molar-refractivity contribution in [2.24, 2.45) is 0 Å². The number of halogens is 1. The second kappa shape index (κ2) is 5.38. The summed E-state index contributed by atoms with van der Waals surface area (Å²) in [5.41, 5.74) is 0.621. The lowest BCUT2D eigenvalue weighted by molar-refractivity contribution is 0.475. The predicted octanol–water partition coefficient (Wildman–Crippen LogP) is 2.64. The number of aromatic amines is 1. The topological polar surface area (TPSA) is 72.7 Å². The highest BCUT2D eigenvalue weighted by atomic mass is 35.5. The molecule has 1 saturated carbocycles. The molecule has 0 unspecified atom stereocenters. The van der Waals surface area contributed by atoms with Crippen LogP contribution in [0.1, 0.15) is 31.7 Å². The fourth-order valence-electron chi connectivity index (χ4n) is 3.35. The van der Waals surface area contributed by atoms with Gasteiger partial charge in [-0.3, -0.25) is 9.36 Å². The zero-order valence-electron chi connectivity index (χ0n) is 12.3. The highest BCUT2D eigenvalue weighted by Crippen LogP contribution is 2.27. The predicted molar refractivity (Wildman–Crippen MR) is 88.5 cm³/mol. The molecular formula is C16H15ClN4O2. The molecule has 1 aliphatic rings. The van der Waals surface area contributed by atoms with Crippen LogP contribution in [0.4, 0.5) is 0 Å². The summed E-state index contributed by atoms with van der Waals surface area (Å²) >= 11 is 6.06. The summed E-state index contributed by atoms with van der Waals surface area (Å²) < 4.78 is 2.83. The third-order valence-electron chi connectivity index (χ3n) is 4.42. The first-order valence-corrected chi connectivity index (χ1v) is 8.01. The molecule has 4 rings (SSSR count). The summed E-state index contributed by atoms with van der Waals surface area (Å²) in [6.45, 7) is 0. The number of hydrogen-bond acceptors (Lipinski definition) is 3. The number of benzene rings is 1. The molecule has 1 N–H and O–H groups in total. The maximum absolute atomic E-state index is 13.0. The van der Waals surface area contributed by atoms with E-state index < -0.39 is 0 Å². The first kappa shape index (κ1) is 14.3. The quantitative estimate of drug-likeness (QED) is 0.785. The van der Waals surface area contributed by atoms with Crippen molar-refractivity contribution in [1.29, 1.82) is 0 Å². The first-order chi connectivity index (χ1) is 11.2. The molecule has 2 heterocycles. The van der Waals surface area contributed by atoms with Gasteiger partial charge in [0, 0.05) is 11.1 Å². The van der Waals surface area contributed by atoms with Crippen molar-refractivity contribution in [3.05, 3.63) is 56.5 Å². The Balaban J connectivity index is 2.09. The van der Waals surface area contributed by atoms with Crippen LogP contribution in [0.2, 0.25) is 5.02 Å². The molecule has 3 aromatic rings. The fraction of sp³-hybridized carbons (Fsp3) is 0.312. The molecule has 1 aromatic carbocycles. The number of imidazole rings is 1. The van der Waals surface area contributed by atoms with Gasteiger partial charge in [0.2, 0.25) is 0 Å². The molecule has 1 fully saturated rings. The van der Waals surface area contributed by atoms with Gasteiger partial charge in [0.1, 0.15) is 5.52 Å². The van der Waals surface area contributed by atoms with Crippen molar-refractivity contribution >= 4 is 22.8 Å². The van der Waals surface area contributed by atoms with E-state index in [1.807, 2.05) is 0 Å². The monoisotopic (exact) mass is 330 g/mol. The van der Waals surface area contributed by atoms with E-state index in [1.54, 1.807) is 24.3 Å². The largest absolute Gasteiger partial charge is 0.339 e. The molecule has 23 heavy (non-hydrogen) atoms. The summed E-state index contributed by atoms with van der Waals surface area (Å²) in [5.74, 6) is 0. The average molecular weight is 331 g/mol. The highest BCUT2D eigenvalue weighted by molar-refractivity contribution is 6.30. The van der Waals surface area contributed by atoms with Gasteiger partial charge < -0.3 is 4.98 Å². The van der Waals surface area contributed by atoms with Gasteiger partial charge in [0.15, 0.2) is 5.65 Å². The third kappa shape index (κ3) is 2.21. The minimum Gasteiger partial charge on any atom is -0.339 e. The van der Waals surface area contributed by atoms with Gasteiger partial charge >= 0.3 is 5.69 Å². The van der Waals surface area contributed by atoms with Gasteiger partial charge in [0.25, 0.3) is 5.56 Å². The van der Waals surface area contributed by atoms with E-state index >= 15 is 0 Å². The smallest absolute Gasteiger partial charge is 0.337 e. The summed E-state index contributed by atoms with van der Waals surface area (Å²) in [5, 5.41) is 0.525. The molecular weight excluding hydrogens is 316 g/mol. The Kier molecular flexibility index (Phi) is 3.34. The molecule has 2 aromatic heterocycles. The van der Waals surface area contributed by atoms with Crippen LogP contribution in [0, 0.1) is 0 Å². The summed E-state index contributed by atoms with van der Waals surface area (Å²) in [7, 11) is 0. The van der Waals surface area contributed by atoms with E-state index in [0.29, 0.717) is 21.9 Å². The fourth-order valence-corrected chi connectivity index (χ4v) is 3.54. The van der Waals surface area contributed by atoms with E-state index in [9.17, 15) is 9.59 Å². The van der Waals surface area contributed by atoms with Crippen LogP contribution in [-0.4, -0.2) is 19.1 Å². The van der Waals surface area contributed by atoms with Crippen molar-refractivity contribution in [3.8, 4) is 5.69 Å². The van der Waals surface area contributed by atoms with E-state index in [2.05, 4.69) is 9.97 Å². The van der Waals surface area contributed by atoms with Crippen LogP contribution >= 0.6 is 11.6 Å². The zero-order valence-corrected chi connectivity index (χ0v) is 13.1. The number of nitrogens with one attached hydrogen (secondary N) is 1. The molecule has 0 bridgehead atoms. The van der Waals surface area contributed by atoms with Crippen LogP contribution < -0.4 is 11.2 Å². The Morgan fingerprint density at radius 1 is 1.22 bits per heavy atom. The Morgan fingerprint density at radius 3 is 2.74 bits per heavy atom. The van der Waals surface area contributed by atoms with E-state index in [-0.39, 0.29) is 17.3 Å².